The molecule has 0 aromatic heterocycles. The van der Waals surface area contributed by atoms with Crippen LogP contribution in [0.25, 0.3) is 21.9 Å². The highest BCUT2D eigenvalue weighted by Gasteiger charge is 2.19. The van der Waals surface area contributed by atoms with E-state index in [1.54, 1.807) is 24.3 Å². The summed E-state index contributed by atoms with van der Waals surface area (Å²) in [6.07, 6.45) is 0. The van der Waals surface area contributed by atoms with E-state index in [1.165, 1.54) is 6.07 Å². The number of benzene rings is 4. The van der Waals surface area contributed by atoms with Crippen molar-refractivity contribution in [1.29, 1.82) is 5.26 Å². The minimum Gasteiger partial charge on any atom is -0.476 e. The van der Waals surface area contributed by atoms with E-state index in [-0.39, 0.29) is 17.1 Å². The van der Waals surface area contributed by atoms with Gasteiger partial charge in [0.25, 0.3) is 0 Å². The minimum atomic E-state index is -1.21. The lowest BCUT2D eigenvalue weighted by molar-refractivity contribution is -0.129. The lowest BCUT2D eigenvalue weighted by Gasteiger charge is -2.14. The van der Waals surface area contributed by atoms with Gasteiger partial charge in [0, 0.05) is 22.2 Å². The van der Waals surface area contributed by atoms with Crippen molar-refractivity contribution in [2.75, 3.05) is 16.9 Å². The quantitative estimate of drug-likeness (QED) is 0.213. The number of nitrogen functional groups attached to an aromatic ring is 2. The number of rotatable bonds is 5. The van der Waals surface area contributed by atoms with Crippen LogP contribution in [0.1, 0.15) is 11.1 Å². The summed E-state index contributed by atoms with van der Waals surface area (Å²) in [7, 11) is 0. The Morgan fingerprint density at radius 3 is 2.25 bits per heavy atom. The third-order valence-corrected chi connectivity index (χ3v) is 5.05. The van der Waals surface area contributed by atoms with Gasteiger partial charge in [-0.3, -0.25) is 5.43 Å². The number of carboxylic acids is 1. The molecule has 156 valence electrons. The van der Waals surface area contributed by atoms with Gasteiger partial charge in [0.15, 0.2) is 5.71 Å². The summed E-state index contributed by atoms with van der Waals surface area (Å²) in [6, 6.07) is 25.5. The summed E-state index contributed by atoms with van der Waals surface area (Å²) in [4.78, 5) is 11.9. The van der Waals surface area contributed by atoms with Gasteiger partial charge in [0.2, 0.25) is 0 Å². The standard InChI is InChI=1S/C25H19N5O2/c26-14-20-19(15-7-3-1-4-8-15)12-16-11-17(13-21(27)22(16)23(20)28)24(25(31)32)30-29-18-9-5-2-6-10-18/h1-13,29H,27-28H2,(H,31,32)/b30-24+. The largest absolute Gasteiger partial charge is 0.476 e. The van der Waals surface area contributed by atoms with Gasteiger partial charge in [-0.1, -0.05) is 48.5 Å². The molecular weight excluding hydrogens is 402 g/mol. The van der Waals surface area contributed by atoms with E-state index < -0.39 is 5.97 Å². The zero-order valence-electron chi connectivity index (χ0n) is 16.9. The molecule has 0 fully saturated rings. The maximum atomic E-state index is 11.9. The predicted molar refractivity (Wildman–Crippen MR) is 127 cm³/mol. The molecule has 0 heterocycles. The molecule has 7 nitrogen and oxygen atoms in total. The molecule has 0 spiro atoms. The van der Waals surface area contributed by atoms with Crippen LogP contribution in [0, 0.1) is 11.3 Å². The fraction of sp³-hybridized carbons (Fsp3) is 0. The highest BCUT2D eigenvalue weighted by molar-refractivity contribution is 6.43. The second kappa shape index (κ2) is 8.50. The van der Waals surface area contributed by atoms with E-state index in [0.29, 0.717) is 33.2 Å². The van der Waals surface area contributed by atoms with Crippen molar-refractivity contribution < 1.29 is 9.90 Å². The molecule has 4 rings (SSSR count). The highest BCUT2D eigenvalue weighted by Crippen LogP contribution is 2.37. The number of nitriles is 1. The Labute approximate surface area is 184 Å². The Morgan fingerprint density at radius 1 is 0.969 bits per heavy atom. The monoisotopic (exact) mass is 421 g/mol. The number of hydrazone groups is 1. The molecule has 0 unspecified atom stereocenters. The number of anilines is 3. The molecule has 6 N–H and O–H groups in total. The Kier molecular flexibility index (Phi) is 5.43. The van der Waals surface area contributed by atoms with Crippen molar-refractivity contribution in [2.24, 2.45) is 5.10 Å². The number of nitrogens with zero attached hydrogens (tertiary/aromatic N) is 2. The van der Waals surface area contributed by atoms with Crippen molar-refractivity contribution in [3.63, 3.8) is 0 Å². The number of hydrogen-bond acceptors (Lipinski definition) is 6. The molecule has 0 amide bonds. The Hall–Kier alpha value is -4.83. The highest BCUT2D eigenvalue weighted by atomic mass is 16.4. The van der Waals surface area contributed by atoms with Crippen LogP contribution in [0.15, 0.2) is 84.0 Å². The van der Waals surface area contributed by atoms with Gasteiger partial charge in [-0.25, -0.2) is 4.79 Å². The summed E-state index contributed by atoms with van der Waals surface area (Å²) < 4.78 is 0. The van der Waals surface area contributed by atoms with E-state index in [2.05, 4.69) is 16.6 Å². The average molecular weight is 421 g/mol. The molecular formula is C25H19N5O2. The Bertz CT molecular complexity index is 1390. The first-order chi connectivity index (χ1) is 15.5. The third-order valence-electron chi connectivity index (χ3n) is 5.05. The zero-order chi connectivity index (χ0) is 22.7. The number of fused-ring (bicyclic) bond motifs is 1. The maximum absolute atomic E-state index is 11.9. The van der Waals surface area contributed by atoms with Gasteiger partial charge in [0.1, 0.15) is 6.07 Å². The number of carbonyl (C=O) groups is 1. The predicted octanol–water partition coefficient (Wildman–Crippen LogP) is 4.44. The Morgan fingerprint density at radius 2 is 1.62 bits per heavy atom. The summed E-state index contributed by atoms with van der Waals surface area (Å²) >= 11 is 0. The fourth-order valence-corrected chi connectivity index (χ4v) is 3.58. The van der Waals surface area contributed by atoms with Gasteiger partial charge in [-0.15, -0.1) is 0 Å². The number of aliphatic carboxylic acids is 1. The molecule has 0 saturated carbocycles. The zero-order valence-corrected chi connectivity index (χ0v) is 16.9. The Balaban J connectivity index is 1.90. The van der Waals surface area contributed by atoms with Crippen LogP contribution in [0.4, 0.5) is 17.1 Å². The fourth-order valence-electron chi connectivity index (χ4n) is 3.58. The van der Waals surface area contributed by atoms with Crippen LogP contribution in [0.3, 0.4) is 0 Å². The van der Waals surface area contributed by atoms with Crippen molar-refractivity contribution >= 4 is 39.5 Å². The number of para-hydroxylation sites is 1. The second-order valence-electron chi connectivity index (χ2n) is 7.10. The van der Waals surface area contributed by atoms with E-state index in [4.69, 9.17) is 11.5 Å². The summed E-state index contributed by atoms with van der Waals surface area (Å²) in [5, 5.41) is 24.7. The molecule has 0 bridgehead atoms. The van der Waals surface area contributed by atoms with E-state index >= 15 is 0 Å². The number of carboxylic acid groups (broad SMARTS) is 1. The molecule has 7 heteroatoms. The molecule has 4 aromatic carbocycles. The van der Waals surface area contributed by atoms with Crippen LogP contribution in [0.2, 0.25) is 0 Å². The minimum absolute atomic E-state index is 0.202. The molecule has 0 aliphatic carbocycles. The molecule has 4 aromatic rings. The first kappa shape index (κ1) is 20.4. The van der Waals surface area contributed by atoms with Crippen LogP contribution in [-0.4, -0.2) is 16.8 Å². The van der Waals surface area contributed by atoms with Crippen molar-refractivity contribution in [3.05, 3.63) is 90.0 Å². The smallest absolute Gasteiger partial charge is 0.356 e. The number of nitrogens with one attached hydrogen (secondary N) is 1. The van der Waals surface area contributed by atoms with Crippen LogP contribution in [0.5, 0.6) is 0 Å². The van der Waals surface area contributed by atoms with Crippen LogP contribution >= 0.6 is 0 Å². The van der Waals surface area contributed by atoms with Crippen molar-refractivity contribution in [3.8, 4) is 17.2 Å². The molecule has 0 aliphatic rings. The number of nitrogens with two attached hydrogens (primary N) is 2. The third kappa shape index (κ3) is 3.80. The molecule has 32 heavy (non-hydrogen) atoms. The lowest BCUT2D eigenvalue weighted by Crippen LogP contribution is -2.17. The van der Waals surface area contributed by atoms with E-state index in [9.17, 15) is 15.2 Å². The average Bonchev–Trinajstić information content (AvgIpc) is 2.80. The van der Waals surface area contributed by atoms with Crippen molar-refractivity contribution in [1.82, 2.24) is 0 Å². The summed E-state index contributed by atoms with van der Waals surface area (Å²) in [5.41, 5.74) is 18.4. The molecule has 0 aliphatic heterocycles. The van der Waals surface area contributed by atoms with Gasteiger partial charge in [-0.2, -0.15) is 10.4 Å². The molecule has 0 radical (unpaired) electrons. The molecule has 0 saturated heterocycles. The van der Waals surface area contributed by atoms with Gasteiger partial charge in [-0.05, 0) is 41.3 Å². The topological polar surface area (TPSA) is 138 Å². The normalized spacial score (nSPS) is 11.2. The SMILES string of the molecule is N#Cc1c(-c2ccccc2)cc2cc(/C(=N\Nc3ccccc3)C(=O)O)cc(N)c2c1N. The summed E-state index contributed by atoms with van der Waals surface area (Å²) in [5.74, 6) is -1.21. The lowest BCUT2D eigenvalue weighted by atomic mass is 9.92. The van der Waals surface area contributed by atoms with E-state index in [1.807, 2.05) is 48.5 Å². The first-order valence-electron chi connectivity index (χ1n) is 9.73. The maximum Gasteiger partial charge on any atom is 0.356 e. The van der Waals surface area contributed by atoms with Crippen molar-refractivity contribution in [2.45, 2.75) is 0 Å². The van der Waals surface area contributed by atoms with Gasteiger partial charge < -0.3 is 16.6 Å². The molecule has 0 atom stereocenters. The van der Waals surface area contributed by atoms with Crippen LogP contribution in [-0.2, 0) is 4.79 Å². The summed E-state index contributed by atoms with van der Waals surface area (Å²) in [6.45, 7) is 0. The number of hydrogen-bond donors (Lipinski definition) is 4. The van der Waals surface area contributed by atoms with E-state index in [0.717, 1.165) is 5.56 Å². The van der Waals surface area contributed by atoms with Gasteiger partial charge >= 0.3 is 5.97 Å². The van der Waals surface area contributed by atoms with Crippen LogP contribution < -0.4 is 16.9 Å². The van der Waals surface area contributed by atoms with Gasteiger partial charge in [0.05, 0.1) is 16.9 Å². The second-order valence-corrected chi connectivity index (χ2v) is 7.10. The first-order valence-corrected chi connectivity index (χ1v) is 9.73.